The van der Waals surface area contributed by atoms with Crippen molar-refractivity contribution in [2.75, 3.05) is 32.7 Å². The van der Waals surface area contributed by atoms with Gasteiger partial charge < -0.3 is 19.7 Å². The average Bonchev–Trinajstić information content (AvgIpc) is 3.34. The molecule has 3 amide bonds. The van der Waals surface area contributed by atoms with Gasteiger partial charge in [-0.1, -0.05) is 13.3 Å². The van der Waals surface area contributed by atoms with Crippen molar-refractivity contribution in [3.05, 3.63) is 33.7 Å². The van der Waals surface area contributed by atoms with Gasteiger partial charge in [0.1, 0.15) is 5.56 Å². The fourth-order valence-electron chi connectivity index (χ4n) is 6.19. The summed E-state index contributed by atoms with van der Waals surface area (Å²) in [5.74, 6) is 1.57. The summed E-state index contributed by atoms with van der Waals surface area (Å²) in [6.45, 7) is 6.23. The number of amides is 3. The van der Waals surface area contributed by atoms with Gasteiger partial charge in [-0.15, -0.1) is 0 Å². The van der Waals surface area contributed by atoms with Gasteiger partial charge in [0, 0.05) is 50.9 Å². The third-order valence-corrected chi connectivity index (χ3v) is 7.66. The van der Waals surface area contributed by atoms with Gasteiger partial charge in [-0.3, -0.25) is 9.59 Å². The average molecular weight is 413 g/mol. The van der Waals surface area contributed by atoms with E-state index >= 15 is 0 Å². The molecule has 3 fully saturated rings. The van der Waals surface area contributed by atoms with Crippen LogP contribution in [0.15, 0.2) is 16.9 Å². The molecule has 162 valence electrons. The van der Waals surface area contributed by atoms with Crippen molar-refractivity contribution < 1.29 is 9.59 Å². The van der Waals surface area contributed by atoms with Crippen molar-refractivity contribution in [3.63, 3.8) is 0 Å². The summed E-state index contributed by atoms with van der Waals surface area (Å²) < 4.78 is 1.82. The van der Waals surface area contributed by atoms with Gasteiger partial charge in [0.25, 0.3) is 11.5 Å². The fraction of sp³-hybridized carbons (Fsp3) is 0.696. The standard InChI is InChI=1S/C23H32N4O3/c1-2-8-24-23(30)26-10-15-9-18(14-26)20-7-6-19(22(29)27(20)11-15)21(28)25-12-16-4-3-5-17(16)13-25/h6-7,15-18H,2-5,8-14H2,1H3,(H,24,30)/t15-,16-,17+,18+/m0/s1. The molecule has 2 saturated heterocycles. The molecule has 0 radical (unpaired) electrons. The van der Waals surface area contributed by atoms with Crippen LogP contribution in [0, 0.1) is 17.8 Å². The van der Waals surface area contributed by atoms with E-state index in [4.69, 9.17) is 0 Å². The molecule has 2 bridgehead atoms. The molecule has 1 N–H and O–H groups in total. The van der Waals surface area contributed by atoms with Crippen LogP contribution in [0.2, 0.25) is 0 Å². The van der Waals surface area contributed by atoms with E-state index < -0.39 is 0 Å². The molecule has 4 atom stereocenters. The lowest BCUT2D eigenvalue weighted by Gasteiger charge is -2.42. The van der Waals surface area contributed by atoms with Gasteiger partial charge in [0.2, 0.25) is 0 Å². The first-order chi connectivity index (χ1) is 14.5. The van der Waals surface area contributed by atoms with E-state index in [1.807, 2.05) is 27.4 Å². The van der Waals surface area contributed by atoms with E-state index in [9.17, 15) is 14.4 Å². The van der Waals surface area contributed by atoms with Gasteiger partial charge in [-0.25, -0.2) is 4.79 Å². The molecule has 5 rings (SSSR count). The predicted octanol–water partition coefficient (Wildman–Crippen LogP) is 2.26. The highest BCUT2D eigenvalue weighted by atomic mass is 16.2. The van der Waals surface area contributed by atoms with Crippen LogP contribution in [0.3, 0.4) is 0 Å². The lowest BCUT2D eigenvalue weighted by atomic mass is 9.83. The molecular weight excluding hydrogens is 380 g/mol. The molecule has 4 aliphatic rings. The second-order valence-corrected chi connectivity index (χ2v) is 9.68. The summed E-state index contributed by atoms with van der Waals surface area (Å²) in [5, 5.41) is 2.97. The molecule has 1 saturated carbocycles. The van der Waals surface area contributed by atoms with Crippen molar-refractivity contribution in [1.29, 1.82) is 0 Å². The molecule has 1 aromatic rings. The van der Waals surface area contributed by atoms with Crippen LogP contribution in [-0.4, -0.2) is 59.0 Å². The molecule has 30 heavy (non-hydrogen) atoms. The van der Waals surface area contributed by atoms with Gasteiger partial charge in [0.05, 0.1) is 0 Å². The number of fused-ring (bicyclic) bond motifs is 5. The van der Waals surface area contributed by atoms with Crippen molar-refractivity contribution in [1.82, 2.24) is 19.7 Å². The zero-order chi connectivity index (χ0) is 20.8. The van der Waals surface area contributed by atoms with Gasteiger partial charge in [-0.2, -0.15) is 0 Å². The molecule has 1 aromatic heterocycles. The number of hydrogen-bond acceptors (Lipinski definition) is 3. The van der Waals surface area contributed by atoms with E-state index in [1.54, 1.807) is 6.07 Å². The Hall–Kier alpha value is -2.31. The number of likely N-dealkylation sites (tertiary alicyclic amines) is 2. The molecule has 1 aliphatic carbocycles. The molecule has 7 nitrogen and oxygen atoms in total. The Morgan fingerprint density at radius 1 is 1.03 bits per heavy atom. The largest absolute Gasteiger partial charge is 0.338 e. The zero-order valence-electron chi connectivity index (χ0n) is 17.8. The topological polar surface area (TPSA) is 74.7 Å². The Balaban J connectivity index is 1.35. The Morgan fingerprint density at radius 2 is 1.80 bits per heavy atom. The van der Waals surface area contributed by atoms with E-state index in [1.165, 1.54) is 19.3 Å². The maximum absolute atomic E-state index is 13.3. The number of urea groups is 1. The Bertz CT molecular complexity index is 898. The van der Waals surface area contributed by atoms with Crippen LogP contribution >= 0.6 is 0 Å². The Kier molecular flexibility index (Phi) is 5.07. The number of rotatable bonds is 3. The first-order valence-corrected chi connectivity index (χ1v) is 11.6. The molecular formula is C23H32N4O3. The van der Waals surface area contributed by atoms with Crippen molar-refractivity contribution in [3.8, 4) is 0 Å². The van der Waals surface area contributed by atoms with Crippen LogP contribution in [0.1, 0.15) is 61.0 Å². The third-order valence-electron chi connectivity index (χ3n) is 7.66. The van der Waals surface area contributed by atoms with Crippen LogP contribution in [0.4, 0.5) is 4.79 Å². The number of nitrogens with zero attached hydrogens (tertiary/aromatic N) is 3. The molecule has 0 aromatic carbocycles. The number of carbonyl (C=O) groups is 2. The second kappa shape index (κ2) is 7.75. The first-order valence-electron chi connectivity index (χ1n) is 11.6. The Morgan fingerprint density at radius 3 is 2.53 bits per heavy atom. The van der Waals surface area contributed by atoms with Crippen LogP contribution < -0.4 is 10.9 Å². The molecule has 7 heteroatoms. The zero-order valence-corrected chi connectivity index (χ0v) is 17.8. The van der Waals surface area contributed by atoms with E-state index in [2.05, 4.69) is 5.32 Å². The predicted molar refractivity (Wildman–Crippen MR) is 114 cm³/mol. The Labute approximate surface area is 177 Å². The smallest absolute Gasteiger partial charge is 0.317 e. The van der Waals surface area contributed by atoms with E-state index in [-0.39, 0.29) is 29.3 Å². The van der Waals surface area contributed by atoms with Crippen LogP contribution in [0.25, 0.3) is 0 Å². The number of carbonyl (C=O) groups excluding carboxylic acids is 2. The number of piperidine rings is 1. The van der Waals surface area contributed by atoms with Crippen molar-refractivity contribution >= 4 is 11.9 Å². The lowest BCUT2D eigenvalue weighted by Crippen LogP contribution is -2.52. The summed E-state index contributed by atoms with van der Waals surface area (Å²) in [7, 11) is 0. The number of hydrogen-bond donors (Lipinski definition) is 1. The highest BCUT2D eigenvalue weighted by Gasteiger charge is 2.40. The van der Waals surface area contributed by atoms with Gasteiger partial charge in [-0.05, 0) is 55.6 Å². The first kappa shape index (κ1) is 19.6. The maximum Gasteiger partial charge on any atom is 0.317 e. The number of nitrogens with one attached hydrogen (secondary N) is 1. The van der Waals surface area contributed by atoms with E-state index in [0.717, 1.165) is 31.6 Å². The van der Waals surface area contributed by atoms with Crippen molar-refractivity contribution in [2.45, 2.75) is 51.5 Å². The van der Waals surface area contributed by atoms with Crippen LogP contribution in [0.5, 0.6) is 0 Å². The normalized spacial score (nSPS) is 29.5. The van der Waals surface area contributed by atoms with Crippen molar-refractivity contribution in [2.24, 2.45) is 17.8 Å². The summed E-state index contributed by atoms with van der Waals surface area (Å²) in [6.07, 6.45) is 5.61. The molecule has 4 heterocycles. The van der Waals surface area contributed by atoms with Crippen LogP contribution in [-0.2, 0) is 6.54 Å². The minimum absolute atomic E-state index is 0.00581. The fourth-order valence-corrected chi connectivity index (χ4v) is 6.19. The molecule has 0 spiro atoms. The van der Waals surface area contributed by atoms with Gasteiger partial charge in [0.15, 0.2) is 0 Å². The maximum atomic E-state index is 13.3. The SMILES string of the molecule is CCCNC(=O)N1C[C@@H]2C[C@H](C1)c1ccc(C(=O)N3C[C@H]4CCC[C@H]4C3)c(=O)n1C2. The molecule has 3 aliphatic heterocycles. The summed E-state index contributed by atoms with van der Waals surface area (Å²) in [6, 6.07) is 3.69. The monoisotopic (exact) mass is 412 g/mol. The van der Waals surface area contributed by atoms with E-state index in [0.29, 0.717) is 43.6 Å². The number of pyridine rings is 1. The quantitative estimate of drug-likeness (QED) is 0.828. The minimum atomic E-state index is -0.145. The van der Waals surface area contributed by atoms with Gasteiger partial charge >= 0.3 is 6.03 Å². The summed E-state index contributed by atoms with van der Waals surface area (Å²) in [5.41, 5.74) is 1.14. The summed E-state index contributed by atoms with van der Waals surface area (Å²) >= 11 is 0. The minimum Gasteiger partial charge on any atom is -0.338 e. The number of aromatic nitrogens is 1. The summed E-state index contributed by atoms with van der Waals surface area (Å²) in [4.78, 5) is 42.6. The lowest BCUT2D eigenvalue weighted by molar-refractivity contribution is 0.0776. The third kappa shape index (κ3) is 3.32. The highest BCUT2D eigenvalue weighted by Crippen LogP contribution is 2.38. The molecule has 0 unspecified atom stereocenters. The highest BCUT2D eigenvalue weighted by molar-refractivity contribution is 5.94. The second-order valence-electron chi connectivity index (χ2n) is 9.68.